The van der Waals surface area contributed by atoms with E-state index < -0.39 is 50.8 Å². The van der Waals surface area contributed by atoms with E-state index in [-0.39, 0.29) is 19.7 Å². The summed E-state index contributed by atoms with van der Waals surface area (Å²) in [5.74, 6) is -2.27. The molecule has 0 radical (unpaired) electrons. The van der Waals surface area contributed by atoms with Gasteiger partial charge in [0.25, 0.3) is 6.43 Å². The SMILES string of the molecule is O=C(O)[C@@H]1CO[C@@H]2CN(S(=O)(=O)c3ccccc3C(F)F)C[C@@H]21. The van der Waals surface area contributed by atoms with Gasteiger partial charge in [0.2, 0.25) is 10.0 Å². The molecule has 9 heteroatoms. The Morgan fingerprint density at radius 2 is 2.00 bits per heavy atom. The summed E-state index contributed by atoms with van der Waals surface area (Å²) < 4.78 is 57.8. The molecule has 2 fully saturated rings. The van der Waals surface area contributed by atoms with E-state index >= 15 is 0 Å². The molecule has 0 bridgehead atoms. The highest BCUT2D eigenvalue weighted by atomic mass is 32.2. The molecule has 3 rings (SSSR count). The summed E-state index contributed by atoms with van der Waals surface area (Å²) in [6.45, 7) is -0.0118. The van der Waals surface area contributed by atoms with Crippen molar-refractivity contribution in [3.63, 3.8) is 0 Å². The molecule has 3 atom stereocenters. The number of carboxylic acid groups (broad SMARTS) is 1. The molecule has 0 aromatic heterocycles. The number of hydrogen-bond acceptors (Lipinski definition) is 4. The summed E-state index contributed by atoms with van der Waals surface area (Å²) in [6.07, 6.45) is -3.42. The molecule has 2 saturated heterocycles. The van der Waals surface area contributed by atoms with Gasteiger partial charge in [0.1, 0.15) is 0 Å². The van der Waals surface area contributed by atoms with Crippen molar-refractivity contribution >= 4 is 16.0 Å². The van der Waals surface area contributed by atoms with Crippen molar-refractivity contribution in [1.82, 2.24) is 4.31 Å². The van der Waals surface area contributed by atoms with Crippen LogP contribution in [0.3, 0.4) is 0 Å². The maximum Gasteiger partial charge on any atom is 0.309 e. The van der Waals surface area contributed by atoms with Gasteiger partial charge >= 0.3 is 5.97 Å². The second-order valence-electron chi connectivity index (χ2n) is 5.64. The quantitative estimate of drug-likeness (QED) is 0.889. The van der Waals surface area contributed by atoms with E-state index in [1.165, 1.54) is 12.1 Å². The lowest BCUT2D eigenvalue weighted by Crippen LogP contribution is -2.33. The van der Waals surface area contributed by atoms with E-state index in [2.05, 4.69) is 0 Å². The molecule has 23 heavy (non-hydrogen) atoms. The Morgan fingerprint density at radius 1 is 1.30 bits per heavy atom. The predicted molar refractivity (Wildman–Crippen MR) is 74.5 cm³/mol. The summed E-state index contributed by atoms with van der Waals surface area (Å²) >= 11 is 0. The predicted octanol–water partition coefficient (Wildman–Crippen LogP) is 1.34. The van der Waals surface area contributed by atoms with Crippen molar-refractivity contribution in [2.75, 3.05) is 19.7 Å². The summed E-state index contributed by atoms with van der Waals surface area (Å²) in [7, 11) is -4.13. The van der Waals surface area contributed by atoms with Crippen molar-refractivity contribution in [2.24, 2.45) is 11.8 Å². The largest absolute Gasteiger partial charge is 0.481 e. The number of nitrogens with zero attached hydrogens (tertiary/aromatic N) is 1. The summed E-state index contributed by atoms with van der Waals surface area (Å²) in [6, 6.07) is 4.94. The first-order valence-corrected chi connectivity index (χ1v) is 8.48. The van der Waals surface area contributed by atoms with Crippen LogP contribution >= 0.6 is 0 Å². The number of rotatable bonds is 4. The lowest BCUT2D eigenvalue weighted by molar-refractivity contribution is -0.142. The van der Waals surface area contributed by atoms with Crippen LogP contribution in [0.4, 0.5) is 8.78 Å². The van der Waals surface area contributed by atoms with E-state index in [0.717, 1.165) is 16.4 Å². The van der Waals surface area contributed by atoms with Gasteiger partial charge in [-0.1, -0.05) is 18.2 Å². The number of fused-ring (bicyclic) bond motifs is 1. The molecule has 0 amide bonds. The van der Waals surface area contributed by atoms with Crippen molar-refractivity contribution in [3.05, 3.63) is 29.8 Å². The number of ether oxygens (including phenoxy) is 1. The molecule has 6 nitrogen and oxygen atoms in total. The Bertz CT molecular complexity index is 724. The van der Waals surface area contributed by atoms with Crippen molar-refractivity contribution in [1.29, 1.82) is 0 Å². The summed E-state index contributed by atoms with van der Waals surface area (Å²) in [5.41, 5.74) is -0.555. The zero-order valence-corrected chi connectivity index (χ0v) is 12.7. The third kappa shape index (κ3) is 2.73. The Hall–Kier alpha value is -1.58. The van der Waals surface area contributed by atoms with Crippen LogP contribution < -0.4 is 0 Å². The molecule has 0 aliphatic carbocycles. The van der Waals surface area contributed by atoms with Gasteiger partial charge in [0, 0.05) is 24.6 Å². The number of sulfonamides is 1. The maximum absolute atomic E-state index is 13.1. The molecule has 2 aliphatic rings. The summed E-state index contributed by atoms with van der Waals surface area (Å²) in [5, 5.41) is 9.14. The minimum absolute atomic E-state index is 0.0195. The fourth-order valence-electron chi connectivity index (χ4n) is 3.16. The second kappa shape index (κ2) is 5.81. The van der Waals surface area contributed by atoms with Crippen LogP contribution in [-0.2, 0) is 19.6 Å². The molecular formula is C14H15F2NO5S. The van der Waals surface area contributed by atoms with Crippen LogP contribution in [0, 0.1) is 11.8 Å². The zero-order valence-electron chi connectivity index (χ0n) is 11.9. The van der Waals surface area contributed by atoms with Crippen LogP contribution in [0.15, 0.2) is 29.2 Å². The zero-order chi connectivity index (χ0) is 16.8. The third-order valence-corrected chi connectivity index (χ3v) is 6.28. The first kappa shape index (κ1) is 16.3. The number of benzene rings is 1. The maximum atomic E-state index is 13.1. The van der Waals surface area contributed by atoms with Crippen LogP contribution in [0.5, 0.6) is 0 Å². The van der Waals surface area contributed by atoms with E-state index in [1.807, 2.05) is 0 Å². The fourth-order valence-corrected chi connectivity index (χ4v) is 4.86. The standard InChI is InChI=1S/C14H15F2NO5S/c15-13(16)8-3-1-2-4-12(8)23(20,21)17-5-9-10(14(18)19)7-22-11(9)6-17/h1-4,9-11,13H,5-7H2,(H,18,19)/t9-,10-,11-/m1/s1. The minimum atomic E-state index is -4.13. The van der Waals surface area contributed by atoms with Gasteiger partial charge in [-0.3, -0.25) is 4.79 Å². The Labute approximate surface area is 131 Å². The average Bonchev–Trinajstić information content (AvgIpc) is 3.07. The van der Waals surface area contributed by atoms with E-state index in [4.69, 9.17) is 9.84 Å². The molecule has 2 aliphatic heterocycles. The lowest BCUT2D eigenvalue weighted by atomic mass is 9.94. The van der Waals surface area contributed by atoms with Crippen LogP contribution in [0.25, 0.3) is 0 Å². The molecule has 0 unspecified atom stereocenters. The van der Waals surface area contributed by atoms with Crippen molar-refractivity contribution in [3.8, 4) is 0 Å². The molecule has 1 aromatic carbocycles. The van der Waals surface area contributed by atoms with Gasteiger partial charge in [-0.25, -0.2) is 17.2 Å². The molecule has 1 aromatic rings. The third-order valence-electron chi connectivity index (χ3n) is 4.37. The highest BCUT2D eigenvalue weighted by Gasteiger charge is 2.50. The van der Waals surface area contributed by atoms with Crippen LogP contribution in [0.1, 0.15) is 12.0 Å². The molecule has 126 valence electrons. The van der Waals surface area contributed by atoms with Gasteiger partial charge in [0.15, 0.2) is 0 Å². The molecular weight excluding hydrogens is 332 g/mol. The lowest BCUT2D eigenvalue weighted by Gasteiger charge is -2.20. The Balaban J connectivity index is 1.90. The van der Waals surface area contributed by atoms with Crippen LogP contribution in [-0.4, -0.2) is 49.6 Å². The normalized spacial score (nSPS) is 28.2. The topological polar surface area (TPSA) is 83.9 Å². The molecule has 1 N–H and O–H groups in total. The monoisotopic (exact) mass is 347 g/mol. The number of carbonyl (C=O) groups is 1. The second-order valence-corrected chi connectivity index (χ2v) is 7.55. The number of aliphatic carboxylic acids is 1. The van der Waals surface area contributed by atoms with Gasteiger partial charge in [-0.15, -0.1) is 0 Å². The van der Waals surface area contributed by atoms with Gasteiger partial charge in [-0.05, 0) is 6.07 Å². The number of hydrogen-bond donors (Lipinski definition) is 1. The van der Waals surface area contributed by atoms with E-state index in [1.54, 1.807) is 0 Å². The fraction of sp³-hybridized carbons (Fsp3) is 0.500. The van der Waals surface area contributed by atoms with Gasteiger partial charge < -0.3 is 9.84 Å². The number of carboxylic acids is 1. The summed E-state index contributed by atoms with van der Waals surface area (Å²) in [4.78, 5) is 10.7. The molecule has 0 saturated carbocycles. The molecule has 2 heterocycles. The van der Waals surface area contributed by atoms with Gasteiger partial charge in [0.05, 0.1) is 23.5 Å². The smallest absolute Gasteiger partial charge is 0.309 e. The Kier molecular flexibility index (Phi) is 4.11. The van der Waals surface area contributed by atoms with E-state index in [9.17, 15) is 22.0 Å². The highest BCUT2D eigenvalue weighted by Crippen LogP contribution is 2.37. The van der Waals surface area contributed by atoms with Gasteiger partial charge in [-0.2, -0.15) is 4.31 Å². The van der Waals surface area contributed by atoms with Crippen LogP contribution in [0.2, 0.25) is 0 Å². The first-order valence-electron chi connectivity index (χ1n) is 7.04. The highest BCUT2D eigenvalue weighted by molar-refractivity contribution is 7.89. The Morgan fingerprint density at radius 3 is 2.65 bits per heavy atom. The van der Waals surface area contributed by atoms with E-state index in [0.29, 0.717) is 0 Å². The number of alkyl halides is 2. The number of halogens is 2. The molecule has 0 spiro atoms. The average molecular weight is 347 g/mol. The van der Waals surface area contributed by atoms with Crippen molar-refractivity contribution < 1.29 is 31.8 Å². The van der Waals surface area contributed by atoms with Crippen molar-refractivity contribution in [2.45, 2.75) is 17.4 Å². The first-order chi connectivity index (χ1) is 10.8. The minimum Gasteiger partial charge on any atom is -0.481 e.